The molecule has 1 heterocycles. The van der Waals surface area contributed by atoms with Crippen molar-refractivity contribution >= 4 is 11.5 Å². The molecule has 0 radical (unpaired) electrons. The summed E-state index contributed by atoms with van der Waals surface area (Å²) in [6, 6.07) is 0. The number of nitrogen functional groups attached to an aromatic ring is 1. The zero-order valence-corrected chi connectivity index (χ0v) is 8.54. The monoisotopic (exact) mass is 182 g/mol. The Hall–Kier alpha value is -1.19. The molecule has 13 heavy (non-hydrogen) atoms. The predicted octanol–water partition coefficient (Wildman–Crippen LogP) is 1.46. The van der Waals surface area contributed by atoms with E-state index in [1.807, 2.05) is 7.05 Å². The number of hydrogen-bond acceptors (Lipinski definition) is 3. The van der Waals surface area contributed by atoms with Gasteiger partial charge in [0.25, 0.3) is 0 Å². The van der Waals surface area contributed by atoms with Crippen molar-refractivity contribution in [2.75, 3.05) is 17.6 Å². The molecule has 1 unspecified atom stereocenters. The molecular weight excluding hydrogens is 164 g/mol. The number of aryl methyl sites for hydroxylation is 1. The standard InChI is InChI=1S/C9H18N4/c1-4-7(2)5-11-9-8(10)6-13(3)12-9/h6-7H,4-5,10H2,1-3H3,(H,11,12). The van der Waals surface area contributed by atoms with Crippen LogP contribution in [0.2, 0.25) is 0 Å². The minimum Gasteiger partial charge on any atom is -0.394 e. The SMILES string of the molecule is CCC(C)CNc1nn(C)cc1N. The molecule has 1 rings (SSSR count). The minimum absolute atomic E-state index is 0.654. The number of nitrogens with two attached hydrogens (primary N) is 1. The molecule has 4 heteroatoms. The predicted molar refractivity (Wildman–Crippen MR) is 55.6 cm³/mol. The highest BCUT2D eigenvalue weighted by Gasteiger charge is 2.04. The van der Waals surface area contributed by atoms with E-state index in [1.165, 1.54) is 6.42 Å². The Morgan fingerprint density at radius 2 is 2.38 bits per heavy atom. The van der Waals surface area contributed by atoms with E-state index >= 15 is 0 Å². The normalized spacial score (nSPS) is 12.8. The fraction of sp³-hybridized carbons (Fsp3) is 0.667. The molecule has 0 amide bonds. The average molecular weight is 182 g/mol. The quantitative estimate of drug-likeness (QED) is 0.741. The van der Waals surface area contributed by atoms with E-state index in [4.69, 9.17) is 5.73 Å². The molecule has 0 saturated carbocycles. The highest BCUT2D eigenvalue weighted by atomic mass is 15.3. The third-order valence-electron chi connectivity index (χ3n) is 2.17. The molecule has 4 nitrogen and oxygen atoms in total. The van der Waals surface area contributed by atoms with E-state index in [0.29, 0.717) is 11.6 Å². The molecule has 0 aliphatic rings. The number of aromatic nitrogens is 2. The van der Waals surface area contributed by atoms with Crippen molar-refractivity contribution < 1.29 is 0 Å². The Labute approximate surface area is 79.1 Å². The largest absolute Gasteiger partial charge is 0.394 e. The smallest absolute Gasteiger partial charge is 0.171 e. The lowest BCUT2D eigenvalue weighted by Crippen LogP contribution is -2.11. The summed E-state index contributed by atoms with van der Waals surface area (Å²) in [6.07, 6.45) is 2.97. The third-order valence-corrected chi connectivity index (χ3v) is 2.17. The van der Waals surface area contributed by atoms with Crippen molar-refractivity contribution in [3.8, 4) is 0 Å². The van der Waals surface area contributed by atoms with Crippen molar-refractivity contribution in [1.29, 1.82) is 0 Å². The van der Waals surface area contributed by atoms with E-state index < -0.39 is 0 Å². The van der Waals surface area contributed by atoms with Gasteiger partial charge in [0.05, 0.1) is 5.69 Å². The van der Waals surface area contributed by atoms with Gasteiger partial charge in [0.2, 0.25) is 0 Å². The van der Waals surface area contributed by atoms with Gasteiger partial charge in [-0.2, -0.15) is 5.10 Å². The molecule has 1 aromatic heterocycles. The summed E-state index contributed by atoms with van der Waals surface area (Å²) in [4.78, 5) is 0. The molecule has 0 saturated heterocycles. The van der Waals surface area contributed by atoms with Gasteiger partial charge in [-0.25, -0.2) is 0 Å². The molecule has 0 spiro atoms. The third kappa shape index (κ3) is 2.65. The van der Waals surface area contributed by atoms with Gasteiger partial charge in [-0.15, -0.1) is 0 Å². The Balaban J connectivity index is 2.49. The maximum absolute atomic E-state index is 5.72. The molecule has 0 bridgehead atoms. The summed E-state index contributed by atoms with van der Waals surface area (Å²) in [6.45, 7) is 5.30. The molecule has 0 aliphatic carbocycles. The van der Waals surface area contributed by atoms with Crippen LogP contribution >= 0.6 is 0 Å². The van der Waals surface area contributed by atoms with Crippen LogP contribution in [-0.2, 0) is 7.05 Å². The van der Waals surface area contributed by atoms with Gasteiger partial charge in [0.15, 0.2) is 5.82 Å². The molecule has 3 N–H and O–H groups in total. The number of anilines is 2. The van der Waals surface area contributed by atoms with Crippen LogP contribution in [0.5, 0.6) is 0 Å². The first-order chi connectivity index (χ1) is 6.13. The van der Waals surface area contributed by atoms with Gasteiger partial charge in [0.1, 0.15) is 0 Å². The summed E-state index contributed by atoms with van der Waals surface area (Å²) < 4.78 is 1.72. The maximum Gasteiger partial charge on any atom is 0.171 e. The average Bonchev–Trinajstić information content (AvgIpc) is 2.41. The van der Waals surface area contributed by atoms with Crippen molar-refractivity contribution in [1.82, 2.24) is 9.78 Å². The summed E-state index contributed by atoms with van der Waals surface area (Å²) in [5.74, 6) is 1.45. The summed E-state index contributed by atoms with van der Waals surface area (Å²) in [5.41, 5.74) is 6.44. The number of hydrogen-bond donors (Lipinski definition) is 2. The summed E-state index contributed by atoms with van der Waals surface area (Å²) in [5, 5.41) is 7.42. The molecule has 74 valence electrons. The summed E-state index contributed by atoms with van der Waals surface area (Å²) >= 11 is 0. The van der Waals surface area contributed by atoms with Crippen molar-refractivity contribution in [2.45, 2.75) is 20.3 Å². The fourth-order valence-corrected chi connectivity index (χ4v) is 1.06. The van der Waals surface area contributed by atoms with Crippen LogP contribution in [0.15, 0.2) is 6.20 Å². The first-order valence-corrected chi connectivity index (χ1v) is 4.66. The van der Waals surface area contributed by atoms with Gasteiger partial charge < -0.3 is 11.1 Å². The van der Waals surface area contributed by atoms with Gasteiger partial charge >= 0.3 is 0 Å². The molecule has 1 aromatic rings. The molecule has 1 atom stereocenters. The zero-order chi connectivity index (χ0) is 9.84. The second kappa shape index (κ2) is 4.16. The number of rotatable bonds is 4. The number of nitrogens with zero attached hydrogens (tertiary/aromatic N) is 2. The molecule has 0 aromatic carbocycles. The second-order valence-corrected chi connectivity index (χ2v) is 3.50. The van der Waals surface area contributed by atoms with Gasteiger partial charge in [-0.1, -0.05) is 20.3 Å². The highest BCUT2D eigenvalue weighted by Crippen LogP contribution is 2.14. The Bertz CT molecular complexity index is 267. The van der Waals surface area contributed by atoms with E-state index in [2.05, 4.69) is 24.3 Å². The van der Waals surface area contributed by atoms with Crippen LogP contribution in [0.1, 0.15) is 20.3 Å². The van der Waals surface area contributed by atoms with Crippen molar-refractivity contribution in [2.24, 2.45) is 13.0 Å². The van der Waals surface area contributed by atoms with Crippen LogP contribution in [0.4, 0.5) is 11.5 Å². The Morgan fingerprint density at radius 3 is 2.85 bits per heavy atom. The maximum atomic E-state index is 5.72. The van der Waals surface area contributed by atoms with Crippen molar-refractivity contribution in [3.63, 3.8) is 0 Å². The molecule has 0 aliphatic heterocycles. The van der Waals surface area contributed by atoms with Crippen LogP contribution in [0.25, 0.3) is 0 Å². The lowest BCUT2D eigenvalue weighted by Gasteiger charge is -2.09. The minimum atomic E-state index is 0.654. The van der Waals surface area contributed by atoms with Crippen LogP contribution in [0.3, 0.4) is 0 Å². The second-order valence-electron chi connectivity index (χ2n) is 3.50. The molecule has 0 fully saturated rings. The Kier molecular flexibility index (Phi) is 3.17. The van der Waals surface area contributed by atoms with Crippen LogP contribution in [0, 0.1) is 5.92 Å². The van der Waals surface area contributed by atoms with Crippen LogP contribution < -0.4 is 11.1 Å². The van der Waals surface area contributed by atoms with Crippen LogP contribution in [-0.4, -0.2) is 16.3 Å². The molecular formula is C9H18N4. The topological polar surface area (TPSA) is 55.9 Å². The van der Waals surface area contributed by atoms with E-state index in [-0.39, 0.29) is 0 Å². The lowest BCUT2D eigenvalue weighted by molar-refractivity contribution is 0.591. The van der Waals surface area contributed by atoms with Crippen molar-refractivity contribution in [3.05, 3.63) is 6.20 Å². The highest BCUT2D eigenvalue weighted by molar-refractivity contribution is 5.59. The first-order valence-electron chi connectivity index (χ1n) is 4.66. The fourth-order valence-electron chi connectivity index (χ4n) is 1.06. The van der Waals surface area contributed by atoms with Gasteiger partial charge in [0, 0.05) is 19.8 Å². The Morgan fingerprint density at radius 1 is 1.69 bits per heavy atom. The van der Waals surface area contributed by atoms with E-state index in [1.54, 1.807) is 10.9 Å². The number of nitrogens with one attached hydrogen (secondary N) is 1. The van der Waals surface area contributed by atoms with Gasteiger partial charge in [-0.3, -0.25) is 4.68 Å². The lowest BCUT2D eigenvalue weighted by atomic mass is 10.1. The van der Waals surface area contributed by atoms with E-state index in [9.17, 15) is 0 Å². The van der Waals surface area contributed by atoms with E-state index in [0.717, 1.165) is 12.4 Å². The summed E-state index contributed by atoms with van der Waals surface area (Å²) in [7, 11) is 1.87. The first kappa shape index (κ1) is 9.89. The van der Waals surface area contributed by atoms with Gasteiger partial charge in [-0.05, 0) is 5.92 Å². The zero-order valence-electron chi connectivity index (χ0n) is 8.54.